The SMILES string of the molecule is NC1=N[C@@H]2CCCC[C@@H]2CC1. The van der Waals surface area contributed by atoms with Gasteiger partial charge in [0.15, 0.2) is 0 Å². The van der Waals surface area contributed by atoms with Crippen molar-refractivity contribution in [3.8, 4) is 0 Å². The lowest BCUT2D eigenvalue weighted by molar-refractivity contribution is 0.286. The van der Waals surface area contributed by atoms with Crippen LogP contribution in [0.1, 0.15) is 38.5 Å². The molecular weight excluding hydrogens is 136 g/mol. The zero-order valence-corrected chi connectivity index (χ0v) is 6.92. The van der Waals surface area contributed by atoms with Gasteiger partial charge in [-0.25, -0.2) is 0 Å². The second-order valence-corrected chi connectivity index (χ2v) is 3.77. The summed E-state index contributed by atoms with van der Waals surface area (Å²) >= 11 is 0. The molecule has 0 radical (unpaired) electrons. The second-order valence-electron chi connectivity index (χ2n) is 3.77. The molecule has 62 valence electrons. The third kappa shape index (κ3) is 1.39. The Kier molecular flexibility index (Phi) is 1.84. The molecule has 0 bridgehead atoms. The Bertz CT molecular complexity index is 174. The van der Waals surface area contributed by atoms with E-state index in [1.807, 2.05) is 0 Å². The Balaban J connectivity index is 2.07. The maximum Gasteiger partial charge on any atom is 0.0940 e. The van der Waals surface area contributed by atoms with E-state index in [2.05, 4.69) is 4.99 Å². The van der Waals surface area contributed by atoms with Crippen molar-refractivity contribution in [1.82, 2.24) is 0 Å². The van der Waals surface area contributed by atoms with Gasteiger partial charge in [-0.05, 0) is 25.2 Å². The third-order valence-corrected chi connectivity index (χ3v) is 2.97. The standard InChI is InChI=1S/C9H16N2/c10-9-6-5-7-3-1-2-4-8(7)11-9/h7-8H,1-6H2,(H2,10,11)/t7-,8-/m1/s1. The van der Waals surface area contributed by atoms with Crippen molar-refractivity contribution in [3.05, 3.63) is 0 Å². The highest BCUT2D eigenvalue weighted by Crippen LogP contribution is 2.32. The average Bonchev–Trinajstić information content (AvgIpc) is 2.04. The summed E-state index contributed by atoms with van der Waals surface area (Å²) in [5.74, 6) is 1.77. The fourth-order valence-electron chi connectivity index (χ4n) is 2.31. The van der Waals surface area contributed by atoms with E-state index >= 15 is 0 Å². The van der Waals surface area contributed by atoms with Crippen LogP contribution >= 0.6 is 0 Å². The first-order valence-electron chi connectivity index (χ1n) is 4.68. The molecule has 0 aromatic carbocycles. The number of aliphatic imine (C=N–C) groups is 1. The number of nitrogens with two attached hydrogens (primary N) is 1. The van der Waals surface area contributed by atoms with E-state index in [1.54, 1.807) is 0 Å². The van der Waals surface area contributed by atoms with E-state index in [1.165, 1.54) is 32.1 Å². The second kappa shape index (κ2) is 2.84. The van der Waals surface area contributed by atoms with Crippen LogP contribution in [0.3, 0.4) is 0 Å². The Morgan fingerprint density at radius 1 is 1.18 bits per heavy atom. The summed E-state index contributed by atoms with van der Waals surface area (Å²) in [5.41, 5.74) is 5.69. The van der Waals surface area contributed by atoms with Gasteiger partial charge in [0.05, 0.1) is 11.9 Å². The van der Waals surface area contributed by atoms with E-state index in [0.29, 0.717) is 6.04 Å². The van der Waals surface area contributed by atoms with E-state index in [9.17, 15) is 0 Å². The molecule has 11 heavy (non-hydrogen) atoms. The molecule has 0 amide bonds. The average molecular weight is 152 g/mol. The molecule has 0 aromatic heterocycles. The summed E-state index contributed by atoms with van der Waals surface area (Å²) in [5, 5.41) is 0. The Labute approximate surface area is 67.9 Å². The first kappa shape index (κ1) is 7.14. The predicted molar refractivity (Wildman–Crippen MR) is 46.6 cm³/mol. The Morgan fingerprint density at radius 3 is 2.91 bits per heavy atom. The van der Waals surface area contributed by atoms with Crippen LogP contribution in [-0.2, 0) is 0 Å². The molecule has 2 atom stereocenters. The minimum atomic E-state index is 0.595. The highest BCUT2D eigenvalue weighted by atomic mass is 14.9. The number of hydrogen-bond donors (Lipinski definition) is 1. The predicted octanol–water partition coefficient (Wildman–Crippen LogP) is 1.70. The molecule has 2 heteroatoms. The lowest BCUT2D eigenvalue weighted by Gasteiger charge is -2.32. The molecular formula is C9H16N2. The molecule has 1 fully saturated rings. The van der Waals surface area contributed by atoms with Gasteiger partial charge in [0, 0.05) is 6.42 Å². The lowest BCUT2D eigenvalue weighted by atomic mass is 9.80. The fourth-order valence-corrected chi connectivity index (χ4v) is 2.31. The highest BCUT2D eigenvalue weighted by Gasteiger charge is 2.27. The number of nitrogens with zero attached hydrogens (tertiary/aromatic N) is 1. The van der Waals surface area contributed by atoms with Gasteiger partial charge in [0.25, 0.3) is 0 Å². The Morgan fingerprint density at radius 2 is 2.00 bits per heavy atom. The normalized spacial score (nSPS) is 37.6. The first-order chi connectivity index (χ1) is 5.36. The summed E-state index contributed by atoms with van der Waals surface area (Å²) in [6.07, 6.45) is 7.78. The highest BCUT2D eigenvalue weighted by molar-refractivity contribution is 5.81. The zero-order chi connectivity index (χ0) is 7.68. The van der Waals surface area contributed by atoms with Crippen LogP contribution in [-0.4, -0.2) is 11.9 Å². The molecule has 0 spiro atoms. The number of hydrogen-bond acceptors (Lipinski definition) is 2. The molecule has 0 unspecified atom stereocenters. The van der Waals surface area contributed by atoms with Gasteiger partial charge in [-0.15, -0.1) is 0 Å². The summed E-state index contributed by atoms with van der Waals surface area (Å²) in [6.45, 7) is 0. The van der Waals surface area contributed by atoms with Crippen molar-refractivity contribution in [2.75, 3.05) is 0 Å². The zero-order valence-electron chi connectivity index (χ0n) is 6.92. The minimum Gasteiger partial charge on any atom is -0.387 e. The summed E-state index contributed by atoms with van der Waals surface area (Å²) < 4.78 is 0. The molecule has 2 N–H and O–H groups in total. The van der Waals surface area contributed by atoms with Crippen molar-refractivity contribution in [1.29, 1.82) is 0 Å². The van der Waals surface area contributed by atoms with Gasteiger partial charge in [0.1, 0.15) is 0 Å². The lowest BCUT2D eigenvalue weighted by Crippen LogP contribution is -2.31. The summed E-state index contributed by atoms with van der Waals surface area (Å²) in [6, 6.07) is 0.595. The van der Waals surface area contributed by atoms with Crippen molar-refractivity contribution < 1.29 is 0 Å². The minimum absolute atomic E-state index is 0.595. The molecule has 1 heterocycles. The summed E-state index contributed by atoms with van der Waals surface area (Å²) in [4.78, 5) is 4.50. The van der Waals surface area contributed by atoms with E-state index in [4.69, 9.17) is 5.73 Å². The third-order valence-electron chi connectivity index (χ3n) is 2.97. The van der Waals surface area contributed by atoms with Crippen LogP contribution in [0, 0.1) is 5.92 Å². The van der Waals surface area contributed by atoms with Crippen LogP contribution in [0.25, 0.3) is 0 Å². The van der Waals surface area contributed by atoms with Crippen molar-refractivity contribution in [2.45, 2.75) is 44.6 Å². The molecule has 0 aromatic rings. The first-order valence-corrected chi connectivity index (χ1v) is 4.68. The maximum atomic E-state index is 5.69. The van der Waals surface area contributed by atoms with Crippen LogP contribution < -0.4 is 5.73 Å². The Hall–Kier alpha value is -0.530. The molecule has 2 aliphatic rings. The number of amidine groups is 1. The number of rotatable bonds is 0. The van der Waals surface area contributed by atoms with Gasteiger partial charge in [-0.3, -0.25) is 4.99 Å². The van der Waals surface area contributed by atoms with Crippen molar-refractivity contribution in [3.63, 3.8) is 0 Å². The maximum absolute atomic E-state index is 5.69. The smallest absolute Gasteiger partial charge is 0.0940 e. The molecule has 1 aliphatic heterocycles. The van der Waals surface area contributed by atoms with E-state index < -0.39 is 0 Å². The van der Waals surface area contributed by atoms with Crippen molar-refractivity contribution in [2.24, 2.45) is 16.6 Å². The quantitative estimate of drug-likeness (QED) is 0.563. The fraction of sp³-hybridized carbons (Fsp3) is 0.889. The van der Waals surface area contributed by atoms with Crippen LogP contribution in [0.5, 0.6) is 0 Å². The monoisotopic (exact) mass is 152 g/mol. The van der Waals surface area contributed by atoms with Gasteiger partial charge in [-0.1, -0.05) is 12.8 Å². The number of fused-ring (bicyclic) bond motifs is 1. The molecule has 2 nitrogen and oxygen atoms in total. The van der Waals surface area contributed by atoms with Gasteiger partial charge < -0.3 is 5.73 Å². The summed E-state index contributed by atoms with van der Waals surface area (Å²) in [7, 11) is 0. The van der Waals surface area contributed by atoms with Crippen molar-refractivity contribution >= 4 is 5.84 Å². The van der Waals surface area contributed by atoms with Gasteiger partial charge >= 0.3 is 0 Å². The topological polar surface area (TPSA) is 38.4 Å². The molecule has 1 aliphatic carbocycles. The van der Waals surface area contributed by atoms with Crippen LogP contribution in [0.4, 0.5) is 0 Å². The van der Waals surface area contributed by atoms with Gasteiger partial charge in [-0.2, -0.15) is 0 Å². The van der Waals surface area contributed by atoms with E-state index in [0.717, 1.165) is 18.2 Å². The van der Waals surface area contributed by atoms with Crippen LogP contribution in [0.15, 0.2) is 4.99 Å². The van der Waals surface area contributed by atoms with Gasteiger partial charge in [0.2, 0.25) is 0 Å². The molecule has 2 rings (SSSR count). The molecule has 1 saturated carbocycles. The van der Waals surface area contributed by atoms with Crippen LogP contribution in [0.2, 0.25) is 0 Å². The van der Waals surface area contributed by atoms with E-state index in [-0.39, 0.29) is 0 Å². The largest absolute Gasteiger partial charge is 0.387 e. The molecule has 0 saturated heterocycles.